The molecule has 0 saturated heterocycles. The molecule has 0 amide bonds. The maximum Gasteiger partial charge on any atom is 3.00 e. The van der Waals surface area contributed by atoms with Gasteiger partial charge in [-0.2, -0.15) is 42.5 Å². The van der Waals surface area contributed by atoms with Crippen LogP contribution in [0.4, 0.5) is 0 Å². The molecular weight excluding hydrogens is 424 g/mol. The first-order chi connectivity index (χ1) is 14.7. The van der Waals surface area contributed by atoms with Crippen LogP contribution in [0.2, 0.25) is 0 Å². The Labute approximate surface area is 200 Å². The van der Waals surface area contributed by atoms with Gasteiger partial charge in [-0.15, -0.1) is 0 Å². The van der Waals surface area contributed by atoms with Gasteiger partial charge >= 0.3 is 27.7 Å². The van der Waals surface area contributed by atoms with Crippen LogP contribution < -0.4 is 10.2 Å². The minimum Gasteiger partial charge on any atom is -0.857 e. The molecule has 1 radical (unpaired) electrons. The van der Waals surface area contributed by atoms with Crippen molar-refractivity contribution in [2.45, 2.75) is 51.4 Å². The molecule has 2 aliphatic rings. The van der Waals surface area contributed by atoms with E-state index in [9.17, 15) is 4.79 Å². The van der Waals surface area contributed by atoms with Gasteiger partial charge in [0.25, 0.3) is 0 Å². The number of hydrogen-bond donors (Lipinski definition) is 1. The number of rotatable bonds is 1. The first-order valence-corrected chi connectivity index (χ1v) is 10.6. The molecule has 0 aromatic heterocycles. The average molecular weight is 455 g/mol. The van der Waals surface area contributed by atoms with Crippen molar-refractivity contribution in [3.05, 3.63) is 76.3 Å². The Morgan fingerprint density at radius 3 is 1.81 bits per heavy atom. The van der Waals surface area contributed by atoms with Crippen molar-refractivity contribution >= 4 is 16.7 Å². The van der Waals surface area contributed by atoms with E-state index in [2.05, 4.69) is 6.07 Å². The molecule has 0 aliphatic heterocycles. The fourth-order valence-electron chi connectivity index (χ4n) is 4.49. The zero-order valence-corrected chi connectivity index (χ0v) is 20.0. The normalized spacial score (nSPS) is 13.4. The van der Waals surface area contributed by atoms with E-state index in [1.54, 1.807) is 34.4 Å². The van der Waals surface area contributed by atoms with Crippen molar-refractivity contribution < 1.29 is 41.8 Å². The third kappa shape index (κ3) is 6.82. The van der Waals surface area contributed by atoms with Crippen LogP contribution in [0.25, 0.3) is 10.8 Å². The SMILES string of the molecule is C[O-].C[O-].O=C(O)c1cccc2ccccc12.[Ti+3].[cH-]1c2c(c3c1CCCC3)CCCC2. The number of fused-ring (bicyclic) bond motifs is 4. The third-order valence-corrected chi connectivity index (χ3v) is 5.75. The molecular formula is C26H31O4Ti. The standard InChI is InChI=1S/C13H17.C11H8O2.2CH3O.Ti/c1-3-7-12-10(5-1)9-11-6-2-4-8-13(11)12;12-11(13)10-7-3-5-8-4-1-2-6-9(8)10;2*1-2;/h9H,1-8H2;1-7H,(H,12,13);2*1H3;/q-1;;2*-1;+3. The molecule has 0 unspecified atom stereocenters. The summed E-state index contributed by atoms with van der Waals surface area (Å²) in [6.07, 6.45) is 11.2. The van der Waals surface area contributed by atoms with Gasteiger partial charge in [-0.3, -0.25) is 0 Å². The summed E-state index contributed by atoms with van der Waals surface area (Å²) in [6, 6.07) is 15.3. The molecule has 0 atom stereocenters. The maximum atomic E-state index is 10.8. The molecule has 5 rings (SSSR count). The zero-order chi connectivity index (χ0) is 21.9. The number of carboxylic acid groups (broad SMARTS) is 1. The van der Waals surface area contributed by atoms with Crippen LogP contribution >= 0.6 is 0 Å². The zero-order valence-electron chi connectivity index (χ0n) is 18.4. The molecule has 5 heteroatoms. The van der Waals surface area contributed by atoms with Gasteiger partial charge < -0.3 is 15.3 Å². The minimum atomic E-state index is -0.878. The van der Waals surface area contributed by atoms with Gasteiger partial charge in [0.05, 0.1) is 5.56 Å². The first-order valence-electron chi connectivity index (χ1n) is 10.6. The Kier molecular flexibility index (Phi) is 12.5. The predicted molar refractivity (Wildman–Crippen MR) is 118 cm³/mol. The quantitative estimate of drug-likeness (QED) is 0.449. The van der Waals surface area contributed by atoms with Crippen molar-refractivity contribution in [1.82, 2.24) is 0 Å². The molecule has 163 valence electrons. The molecule has 31 heavy (non-hydrogen) atoms. The molecule has 0 heterocycles. The van der Waals surface area contributed by atoms with Gasteiger partial charge in [0.15, 0.2) is 0 Å². The number of carboxylic acids is 1. The van der Waals surface area contributed by atoms with Gasteiger partial charge in [-0.1, -0.05) is 87.8 Å². The summed E-state index contributed by atoms with van der Waals surface area (Å²) >= 11 is 0. The number of carbonyl (C=O) groups is 1. The molecule has 3 aromatic carbocycles. The van der Waals surface area contributed by atoms with E-state index < -0.39 is 5.97 Å². The molecule has 0 spiro atoms. The molecule has 0 saturated carbocycles. The largest absolute Gasteiger partial charge is 3.00 e. The molecule has 0 bridgehead atoms. The second kappa shape index (κ2) is 14.3. The number of hydrogen-bond acceptors (Lipinski definition) is 3. The van der Waals surface area contributed by atoms with Crippen molar-refractivity contribution in [1.29, 1.82) is 0 Å². The average Bonchev–Trinajstić information content (AvgIpc) is 3.20. The summed E-state index contributed by atoms with van der Waals surface area (Å²) in [5, 5.41) is 27.1. The summed E-state index contributed by atoms with van der Waals surface area (Å²) in [6.45, 7) is 0. The van der Waals surface area contributed by atoms with Crippen LogP contribution in [-0.2, 0) is 47.4 Å². The van der Waals surface area contributed by atoms with Crippen LogP contribution in [0.3, 0.4) is 0 Å². The van der Waals surface area contributed by atoms with Crippen molar-refractivity contribution in [3.8, 4) is 0 Å². The van der Waals surface area contributed by atoms with E-state index in [4.69, 9.17) is 15.3 Å². The van der Waals surface area contributed by atoms with Crippen LogP contribution in [0.1, 0.15) is 58.3 Å². The van der Waals surface area contributed by atoms with Crippen LogP contribution in [-0.4, -0.2) is 25.3 Å². The van der Waals surface area contributed by atoms with E-state index in [1.807, 2.05) is 30.3 Å². The third-order valence-electron chi connectivity index (χ3n) is 5.75. The van der Waals surface area contributed by atoms with Crippen LogP contribution in [0.5, 0.6) is 0 Å². The predicted octanol–water partition coefficient (Wildman–Crippen LogP) is 3.65. The Morgan fingerprint density at radius 1 is 0.774 bits per heavy atom. The second-order valence-corrected chi connectivity index (χ2v) is 7.40. The van der Waals surface area contributed by atoms with Gasteiger partial charge in [0.2, 0.25) is 0 Å². The molecule has 3 aromatic rings. The van der Waals surface area contributed by atoms with Crippen molar-refractivity contribution in [2.75, 3.05) is 14.2 Å². The van der Waals surface area contributed by atoms with Gasteiger partial charge in [-0.05, 0) is 16.8 Å². The Balaban J connectivity index is 0.000000260. The molecule has 1 N–H and O–H groups in total. The summed E-state index contributed by atoms with van der Waals surface area (Å²) in [5.41, 5.74) is 7.30. The monoisotopic (exact) mass is 455 g/mol. The maximum absolute atomic E-state index is 10.8. The number of aryl methyl sites for hydroxylation is 2. The summed E-state index contributed by atoms with van der Waals surface area (Å²) in [5.74, 6) is -0.878. The molecule has 0 fully saturated rings. The van der Waals surface area contributed by atoms with Crippen molar-refractivity contribution in [2.24, 2.45) is 0 Å². The molecule has 2 aliphatic carbocycles. The molecule has 4 nitrogen and oxygen atoms in total. The summed E-state index contributed by atoms with van der Waals surface area (Å²) in [4.78, 5) is 10.8. The van der Waals surface area contributed by atoms with Crippen LogP contribution in [0, 0.1) is 0 Å². The fourth-order valence-corrected chi connectivity index (χ4v) is 4.49. The van der Waals surface area contributed by atoms with Crippen LogP contribution in [0.15, 0.2) is 48.5 Å². The second-order valence-electron chi connectivity index (χ2n) is 7.40. The van der Waals surface area contributed by atoms with Crippen molar-refractivity contribution in [3.63, 3.8) is 0 Å². The van der Waals surface area contributed by atoms with Gasteiger partial charge in [0.1, 0.15) is 0 Å². The Morgan fingerprint density at radius 2 is 1.26 bits per heavy atom. The van der Waals surface area contributed by atoms with Gasteiger partial charge in [0, 0.05) is 0 Å². The minimum absolute atomic E-state index is 0. The van der Waals surface area contributed by atoms with Gasteiger partial charge in [-0.25, -0.2) is 4.79 Å². The van der Waals surface area contributed by atoms with E-state index >= 15 is 0 Å². The van der Waals surface area contributed by atoms with E-state index in [-0.39, 0.29) is 21.7 Å². The summed E-state index contributed by atoms with van der Waals surface area (Å²) < 4.78 is 0. The number of benzene rings is 2. The topological polar surface area (TPSA) is 83.4 Å². The van der Waals surface area contributed by atoms with E-state index in [0.717, 1.165) is 25.0 Å². The number of aromatic carboxylic acids is 1. The van der Waals surface area contributed by atoms with E-state index in [0.29, 0.717) is 5.56 Å². The smallest absolute Gasteiger partial charge is 0.857 e. The Bertz CT molecular complexity index is 910. The first kappa shape index (κ1) is 27.2. The van der Waals surface area contributed by atoms with E-state index in [1.165, 1.54) is 51.4 Å². The Hall–Kier alpha value is -1.85. The fraction of sp³-hybridized carbons (Fsp3) is 0.385. The summed E-state index contributed by atoms with van der Waals surface area (Å²) in [7, 11) is 1.50.